The minimum Gasteiger partial charge on any atom is -0.334 e. The van der Waals surface area contributed by atoms with E-state index in [1.165, 1.54) is 0 Å². The van der Waals surface area contributed by atoms with E-state index in [0.29, 0.717) is 17.5 Å². The monoisotopic (exact) mass is 348 g/mol. The summed E-state index contributed by atoms with van der Waals surface area (Å²) in [4.78, 5) is 14.5. The number of hydrogen-bond donors (Lipinski definition) is 0. The summed E-state index contributed by atoms with van der Waals surface area (Å²) in [6.45, 7) is 0.729. The fraction of sp³-hybridized carbons (Fsp3) is 0.294. The van der Waals surface area contributed by atoms with Crippen molar-refractivity contribution in [3.8, 4) is 23.5 Å². The lowest BCUT2D eigenvalue weighted by molar-refractivity contribution is 0.339. The standard InChI is InChI=1S/C17H16N8O/c1-19-8-12-9-21-25(10-12)15-7-13(4-5-20-15)17-22-16(23-26-17)14-3-2-6-24(14)11-18/h4-5,7-10,14H,2-3,6H2,1H3/t14-/m0/s1. The van der Waals surface area contributed by atoms with Crippen LogP contribution in [0.4, 0.5) is 0 Å². The fourth-order valence-corrected chi connectivity index (χ4v) is 3.00. The summed E-state index contributed by atoms with van der Waals surface area (Å²) in [6, 6.07) is 3.52. The molecule has 1 aliphatic heterocycles. The van der Waals surface area contributed by atoms with Crippen LogP contribution in [-0.4, -0.2) is 49.6 Å². The molecule has 0 amide bonds. The van der Waals surface area contributed by atoms with E-state index in [4.69, 9.17) is 4.52 Å². The number of aliphatic imine (C=N–C) groups is 1. The lowest BCUT2D eigenvalue weighted by Crippen LogP contribution is -2.17. The van der Waals surface area contributed by atoms with Crippen molar-refractivity contribution >= 4 is 6.21 Å². The first-order valence-corrected chi connectivity index (χ1v) is 8.22. The first-order chi connectivity index (χ1) is 12.8. The zero-order chi connectivity index (χ0) is 17.9. The van der Waals surface area contributed by atoms with Crippen LogP contribution in [0.5, 0.6) is 0 Å². The van der Waals surface area contributed by atoms with Gasteiger partial charge in [0.15, 0.2) is 17.8 Å². The Kier molecular flexibility index (Phi) is 4.15. The number of nitriles is 1. The van der Waals surface area contributed by atoms with Crippen molar-refractivity contribution in [2.75, 3.05) is 13.6 Å². The van der Waals surface area contributed by atoms with Crippen molar-refractivity contribution in [2.24, 2.45) is 4.99 Å². The average molecular weight is 348 g/mol. The Morgan fingerprint density at radius 3 is 3.23 bits per heavy atom. The van der Waals surface area contributed by atoms with Gasteiger partial charge in [-0.3, -0.25) is 9.89 Å². The number of aromatic nitrogens is 5. The molecule has 0 bridgehead atoms. The van der Waals surface area contributed by atoms with Crippen LogP contribution in [0, 0.1) is 11.5 Å². The number of pyridine rings is 1. The van der Waals surface area contributed by atoms with Crippen LogP contribution in [0.25, 0.3) is 17.3 Å². The van der Waals surface area contributed by atoms with Crippen LogP contribution in [0.3, 0.4) is 0 Å². The third-order valence-electron chi connectivity index (χ3n) is 4.23. The van der Waals surface area contributed by atoms with E-state index >= 15 is 0 Å². The van der Waals surface area contributed by atoms with Crippen molar-refractivity contribution in [3.63, 3.8) is 0 Å². The van der Waals surface area contributed by atoms with Crippen LogP contribution in [0.1, 0.15) is 30.3 Å². The van der Waals surface area contributed by atoms with Crippen molar-refractivity contribution in [3.05, 3.63) is 42.1 Å². The number of rotatable bonds is 4. The van der Waals surface area contributed by atoms with Gasteiger partial charge in [0, 0.05) is 43.3 Å². The maximum Gasteiger partial charge on any atom is 0.258 e. The summed E-state index contributed by atoms with van der Waals surface area (Å²) in [5.41, 5.74) is 1.63. The van der Waals surface area contributed by atoms with Crippen LogP contribution in [0.15, 0.2) is 40.2 Å². The zero-order valence-corrected chi connectivity index (χ0v) is 14.1. The van der Waals surface area contributed by atoms with Gasteiger partial charge in [0.05, 0.1) is 6.20 Å². The molecule has 0 radical (unpaired) electrons. The third kappa shape index (κ3) is 2.93. The van der Waals surface area contributed by atoms with E-state index in [1.807, 2.05) is 12.3 Å². The minimum atomic E-state index is -0.110. The lowest BCUT2D eigenvalue weighted by atomic mass is 10.2. The second kappa shape index (κ2) is 6.76. The maximum absolute atomic E-state index is 9.19. The molecule has 1 saturated heterocycles. The van der Waals surface area contributed by atoms with E-state index in [-0.39, 0.29) is 6.04 Å². The quantitative estimate of drug-likeness (QED) is 0.524. The summed E-state index contributed by atoms with van der Waals surface area (Å²) in [6.07, 6.45) is 10.9. The average Bonchev–Trinajstić information content (AvgIpc) is 3.41. The van der Waals surface area contributed by atoms with Gasteiger partial charge in [0.25, 0.3) is 5.89 Å². The molecule has 9 nitrogen and oxygen atoms in total. The first kappa shape index (κ1) is 16.0. The molecule has 0 aliphatic carbocycles. The molecule has 4 heterocycles. The second-order valence-corrected chi connectivity index (χ2v) is 5.92. The second-order valence-electron chi connectivity index (χ2n) is 5.92. The third-order valence-corrected chi connectivity index (χ3v) is 4.23. The van der Waals surface area contributed by atoms with Crippen LogP contribution < -0.4 is 0 Å². The minimum absolute atomic E-state index is 0.110. The van der Waals surface area contributed by atoms with Gasteiger partial charge in [-0.2, -0.15) is 15.3 Å². The SMILES string of the molecule is CN=Cc1cnn(-c2cc(-c3nc([C@@H]4CCCN4C#N)no3)ccn2)c1. The summed E-state index contributed by atoms with van der Waals surface area (Å²) in [7, 11) is 1.71. The van der Waals surface area contributed by atoms with Gasteiger partial charge in [-0.25, -0.2) is 9.67 Å². The van der Waals surface area contributed by atoms with E-state index in [2.05, 4.69) is 31.4 Å². The highest BCUT2D eigenvalue weighted by atomic mass is 16.5. The van der Waals surface area contributed by atoms with Crippen LogP contribution in [0.2, 0.25) is 0 Å². The molecule has 3 aromatic heterocycles. The predicted molar refractivity (Wildman–Crippen MR) is 92.5 cm³/mol. The Morgan fingerprint density at radius 2 is 2.38 bits per heavy atom. The van der Waals surface area contributed by atoms with Crippen LogP contribution in [-0.2, 0) is 0 Å². The van der Waals surface area contributed by atoms with Gasteiger partial charge in [0.1, 0.15) is 6.04 Å². The van der Waals surface area contributed by atoms with Gasteiger partial charge in [-0.1, -0.05) is 5.16 Å². The predicted octanol–water partition coefficient (Wildman–Crippen LogP) is 1.98. The summed E-state index contributed by atoms with van der Waals surface area (Å²) in [5, 5.41) is 17.5. The van der Waals surface area contributed by atoms with E-state index in [9.17, 15) is 5.26 Å². The molecule has 1 atom stereocenters. The summed E-state index contributed by atoms with van der Waals surface area (Å²) < 4.78 is 7.07. The fourth-order valence-electron chi connectivity index (χ4n) is 3.00. The Labute approximate surface area is 149 Å². The molecular formula is C17H16N8O. The van der Waals surface area contributed by atoms with Crippen molar-refractivity contribution in [1.82, 2.24) is 29.8 Å². The Bertz CT molecular complexity index is 983. The van der Waals surface area contributed by atoms with Crippen molar-refractivity contribution in [2.45, 2.75) is 18.9 Å². The molecule has 0 saturated carbocycles. The lowest BCUT2D eigenvalue weighted by Gasteiger charge is -2.13. The van der Waals surface area contributed by atoms with Gasteiger partial charge in [-0.15, -0.1) is 0 Å². The van der Waals surface area contributed by atoms with Gasteiger partial charge in [-0.05, 0) is 25.0 Å². The molecule has 26 heavy (non-hydrogen) atoms. The zero-order valence-electron chi connectivity index (χ0n) is 14.1. The Morgan fingerprint density at radius 1 is 1.46 bits per heavy atom. The molecule has 0 N–H and O–H groups in total. The molecule has 0 spiro atoms. The van der Waals surface area contributed by atoms with Crippen molar-refractivity contribution in [1.29, 1.82) is 5.26 Å². The Hall–Kier alpha value is -3.54. The van der Waals surface area contributed by atoms with Gasteiger partial charge in [0.2, 0.25) is 0 Å². The smallest absolute Gasteiger partial charge is 0.258 e. The molecular weight excluding hydrogens is 332 g/mol. The molecule has 0 unspecified atom stereocenters. The normalized spacial score (nSPS) is 17.1. The molecule has 1 aliphatic rings. The van der Waals surface area contributed by atoms with E-state index in [1.54, 1.807) is 41.3 Å². The number of nitrogens with zero attached hydrogens (tertiary/aromatic N) is 8. The molecule has 0 aromatic carbocycles. The Balaban J connectivity index is 1.62. The molecule has 130 valence electrons. The molecule has 9 heteroatoms. The highest BCUT2D eigenvalue weighted by Gasteiger charge is 2.29. The summed E-state index contributed by atoms with van der Waals surface area (Å²) in [5.74, 6) is 1.58. The topological polar surface area (TPSA) is 109 Å². The van der Waals surface area contributed by atoms with Gasteiger partial charge < -0.3 is 4.52 Å². The molecule has 3 aromatic rings. The maximum atomic E-state index is 9.19. The van der Waals surface area contributed by atoms with Crippen LogP contribution >= 0.6 is 0 Å². The van der Waals surface area contributed by atoms with E-state index < -0.39 is 0 Å². The highest BCUT2D eigenvalue weighted by molar-refractivity contribution is 5.78. The highest BCUT2D eigenvalue weighted by Crippen LogP contribution is 2.30. The molecule has 1 fully saturated rings. The largest absolute Gasteiger partial charge is 0.334 e. The number of hydrogen-bond acceptors (Lipinski definition) is 8. The van der Waals surface area contributed by atoms with Crippen molar-refractivity contribution < 1.29 is 4.52 Å². The number of likely N-dealkylation sites (tertiary alicyclic amines) is 1. The first-order valence-electron chi connectivity index (χ1n) is 8.22. The van der Waals surface area contributed by atoms with E-state index in [0.717, 1.165) is 30.5 Å². The molecule has 4 rings (SSSR count). The van der Waals surface area contributed by atoms with Gasteiger partial charge >= 0.3 is 0 Å². The summed E-state index contributed by atoms with van der Waals surface area (Å²) >= 11 is 0.